The molecule has 0 saturated heterocycles. The van der Waals surface area contributed by atoms with Crippen molar-refractivity contribution in [3.63, 3.8) is 0 Å². The molecule has 0 aliphatic heterocycles. The molecular weight excluding hydrogens is 216 g/mol. The van der Waals surface area contributed by atoms with Gasteiger partial charge in [-0.3, -0.25) is 9.59 Å². The van der Waals surface area contributed by atoms with Gasteiger partial charge in [0.2, 0.25) is 11.8 Å². The summed E-state index contributed by atoms with van der Waals surface area (Å²) in [5, 5.41) is 5.76. The van der Waals surface area contributed by atoms with Gasteiger partial charge in [-0.15, -0.1) is 0 Å². The van der Waals surface area contributed by atoms with Gasteiger partial charge in [-0.05, 0) is 33.8 Å². The molecule has 0 bridgehead atoms. The molecule has 0 radical (unpaired) electrons. The van der Waals surface area contributed by atoms with Crippen LogP contribution in [-0.4, -0.2) is 22.9 Å². The monoisotopic (exact) mass is 240 g/mol. The molecule has 2 amide bonds. The molecule has 0 aliphatic rings. The molecule has 0 aliphatic carbocycles. The number of carbonyl (C=O) groups is 2. The van der Waals surface area contributed by atoms with Crippen LogP contribution in [0, 0.1) is 5.92 Å². The second-order valence-corrected chi connectivity index (χ2v) is 5.59. The van der Waals surface area contributed by atoms with Crippen molar-refractivity contribution < 1.29 is 9.59 Å². The highest BCUT2D eigenvalue weighted by atomic mass is 16.2. The van der Waals surface area contributed by atoms with Gasteiger partial charge >= 0.3 is 0 Å². The molecule has 0 aromatic rings. The molecule has 4 heteroatoms. The SMILES string of the molecule is C=CC(=O)NC(C)(C)C(C)(C)NC(=O)C(C)C. The van der Waals surface area contributed by atoms with Crippen LogP contribution >= 0.6 is 0 Å². The van der Waals surface area contributed by atoms with E-state index in [-0.39, 0.29) is 17.7 Å². The first-order chi connectivity index (χ1) is 7.53. The van der Waals surface area contributed by atoms with Gasteiger partial charge in [0.15, 0.2) is 0 Å². The van der Waals surface area contributed by atoms with Crippen molar-refractivity contribution in [1.29, 1.82) is 0 Å². The van der Waals surface area contributed by atoms with E-state index in [1.54, 1.807) is 0 Å². The summed E-state index contributed by atoms with van der Waals surface area (Å²) in [6.07, 6.45) is 1.22. The Hall–Kier alpha value is -1.32. The third-order valence-corrected chi connectivity index (χ3v) is 3.14. The van der Waals surface area contributed by atoms with Crippen LogP contribution in [0.15, 0.2) is 12.7 Å². The summed E-state index contributed by atoms with van der Waals surface area (Å²) >= 11 is 0. The minimum atomic E-state index is -0.567. The van der Waals surface area contributed by atoms with Gasteiger partial charge in [0.25, 0.3) is 0 Å². The number of amides is 2. The Labute approximate surface area is 104 Å². The fraction of sp³-hybridized carbons (Fsp3) is 0.692. The highest BCUT2D eigenvalue weighted by Crippen LogP contribution is 2.21. The van der Waals surface area contributed by atoms with Crippen molar-refractivity contribution in [1.82, 2.24) is 10.6 Å². The molecule has 0 spiro atoms. The van der Waals surface area contributed by atoms with E-state index in [4.69, 9.17) is 0 Å². The van der Waals surface area contributed by atoms with E-state index >= 15 is 0 Å². The number of carbonyl (C=O) groups excluding carboxylic acids is 2. The topological polar surface area (TPSA) is 58.2 Å². The van der Waals surface area contributed by atoms with Crippen LogP contribution in [-0.2, 0) is 9.59 Å². The van der Waals surface area contributed by atoms with Gasteiger partial charge < -0.3 is 10.6 Å². The smallest absolute Gasteiger partial charge is 0.243 e. The Morgan fingerprint density at radius 1 is 1.06 bits per heavy atom. The molecule has 98 valence electrons. The average molecular weight is 240 g/mol. The number of hydrogen-bond donors (Lipinski definition) is 2. The van der Waals surface area contributed by atoms with E-state index in [9.17, 15) is 9.59 Å². The minimum Gasteiger partial charge on any atom is -0.349 e. The van der Waals surface area contributed by atoms with Crippen molar-refractivity contribution in [3.8, 4) is 0 Å². The molecule has 0 atom stereocenters. The Bertz CT molecular complexity index is 317. The zero-order chi connectivity index (χ0) is 13.9. The van der Waals surface area contributed by atoms with Gasteiger partial charge in [0.05, 0.1) is 11.1 Å². The molecule has 0 aromatic heterocycles. The lowest BCUT2D eigenvalue weighted by molar-refractivity contribution is -0.128. The summed E-state index contributed by atoms with van der Waals surface area (Å²) in [5.74, 6) is -0.363. The summed E-state index contributed by atoms with van der Waals surface area (Å²) in [6.45, 7) is 14.6. The molecule has 4 nitrogen and oxygen atoms in total. The Morgan fingerprint density at radius 3 is 1.82 bits per heavy atom. The maximum atomic E-state index is 11.7. The van der Waals surface area contributed by atoms with Crippen LogP contribution in [0.5, 0.6) is 0 Å². The van der Waals surface area contributed by atoms with E-state index < -0.39 is 11.1 Å². The van der Waals surface area contributed by atoms with E-state index in [2.05, 4.69) is 17.2 Å². The van der Waals surface area contributed by atoms with Crippen LogP contribution in [0.1, 0.15) is 41.5 Å². The maximum Gasteiger partial charge on any atom is 0.243 e. The lowest BCUT2D eigenvalue weighted by Gasteiger charge is -2.43. The molecule has 17 heavy (non-hydrogen) atoms. The van der Waals surface area contributed by atoms with Gasteiger partial charge in [0, 0.05) is 5.92 Å². The molecule has 2 N–H and O–H groups in total. The lowest BCUT2D eigenvalue weighted by atomic mass is 9.82. The Balaban J connectivity index is 4.83. The number of nitrogens with one attached hydrogen (secondary N) is 2. The second-order valence-electron chi connectivity index (χ2n) is 5.59. The summed E-state index contributed by atoms with van der Waals surface area (Å²) in [7, 11) is 0. The van der Waals surface area contributed by atoms with Crippen molar-refractivity contribution in [3.05, 3.63) is 12.7 Å². The van der Waals surface area contributed by atoms with Crippen molar-refractivity contribution in [2.24, 2.45) is 5.92 Å². The summed E-state index contributed by atoms with van der Waals surface area (Å²) in [5.41, 5.74) is -1.12. The lowest BCUT2D eigenvalue weighted by Crippen LogP contribution is -2.65. The predicted octanol–water partition coefficient (Wildman–Crippen LogP) is 1.62. The van der Waals surface area contributed by atoms with Gasteiger partial charge in [-0.1, -0.05) is 20.4 Å². The van der Waals surface area contributed by atoms with E-state index in [0.717, 1.165) is 0 Å². The van der Waals surface area contributed by atoms with Crippen molar-refractivity contribution in [2.45, 2.75) is 52.6 Å². The van der Waals surface area contributed by atoms with Crippen LogP contribution < -0.4 is 10.6 Å². The van der Waals surface area contributed by atoms with E-state index in [1.807, 2.05) is 41.5 Å². The molecule has 0 fully saturated rings. The highest BCUT2D eigenvalue weighted by Gasteiger charge is 2.39. The van der Waals surface area contributed by atoms with E-state index in [1.165, 1.54) is 6.08 Å². The number of hydrogen-bond acceptors (Lipinski definition) is 2. The summed E-state index contributed by atoms with van der Waals surface area (Å²) in [6, 6.07) is 0. The summed E-state index contributed by atoms with van der Waals surface area (Å²) < 4.78 is 0. The fourth-order valence-electron chi connectivity index (χ4n) is 1.12. The second kappa shape index (κ2) is 5.34. The average Bonchev–Trinajstić information content (AvgIpc) is 2.15. The van der Waals surface area contributed by atoms with Crippen LogP contribution in [0.2, 0.25) is 0 Å². The summed E-state index contributed by atoms with van der Waals surface area (Å²) in [4.78, 5) is 23.1. The molecular formula is C13H24N2O2. The molecule has 0 aromatic carbocycles. The third-order valence-electron chi connectivity index (χ3n) is 3.14. The fourth-order valence-corrected chi connectivity index (χ4v) is 1.12. The first kappa shape index (κ1) is 15.7. The van der Waals surface area contributed by atoms with Crippen LogP contribution in [0.25, 0.3) is 0 Å². The zero-order valence-electron chi connectivity index (χ0n) is 11.7. The maximum absolute atomic E-state index is 11.7. The standard InChI is InChI=1S/C13H24N2O2/c1-8-10(16)14-12(4,5)13(6,7)15-11(17)9(2)3/h8-9H,1H2,2-7H3,(H,14,16)(H,15,17). The van der Waals surface area contributed by atoms with Crippen molar-refractivity contribution >= 4 is 11.8 Å². The Kier molecular flexibility index (Phi) is 4.93. The highest BCUT2D eigenvalue weighted by molar-refractivity contribution is 5.87. The molecule has 0 heterocycles. The third kappa shape index (κ3) is 4.21. The normalized spacial score (nSPS) is 12.2. The Morgan fingerprint density at radius 2 is 1.47 bits per heavy atom. The molecule has 0 saturated carbocycles. The zero-order valence-corrected chi connectivity index (χ0v) is 11.7. The van der Waals surface area contributed by atoms with Crippen LogP contribution in [0.3, 0.4) is 0 Å². The van der Waals surface area contributed by atoms with Gasteiger partial charge in [-0.2, -0.15) is 0 Å². The largest absolute Gasteiger partial charge is 0.349 e. The van der Waals surface area contributed by atoms with Crippen LogP contribution in [0.4, 0.5) is 0 Å². The minimum absolute atomic E-state index is 0.0315. The van der Waals surface area contributed by atoms with Crippen molar-refractivity contribution in [2.75, 3.05) is 0 Å². The first-order valence-corrected chi connectivity index (χ1v) is 5.80. The van der Waals surface area contributed by atoms with Gasteiger partial charge in [0.1, 0.15) is 0 Å². The van der Waals surface area contributed by atoms with Gasteiger partial charge in [-0.25, -0.2) is 0 Å². The number of rotatable bonds is 5. The molecule has 0 rings (SSSR count). The molecule has 0 unspecified atom stereocenters. The quantitative estimate of drug-likeness (QED) is 0.717. The first-order valence-electron chi connectivity index (χ1n) is 5.80. The van der Waals surface area contributed by atoms with E-state index in [0.29, 0.717) is 0 Å². The predicted molar refractivity (Wildman–Crippen MR) is 69.5 cm³/mol.